The van der Waals surface area contributed by atoms with Crippen molar-refractivity contribution in [2.45, 2.75) is 254 Å². The van der Waals surface area contributed by atoms with Gasteiger partial charge in [-0.05, 0) is 173 Å². The molecule has 0 radical (unpaired) electrons. The third-order valence-corrected chi connectivity index (χ3v) is 21.0. The second-order valence-corrected chi connectivity index (χ2v) is 25.4. The first-order chi connectivity index (χ1) is 27.4. The van der Waals surface area contributed by atoms with Gasteiger partial charge in [-0.3, -0.25) is 0 Å². The summed E-state index contributed by atoms with van der Waals surface area (Å²) in [6.45, 7) is 0. The zero-order valence-electron chi connectivity index (χ0n) is 37.2. The Kier molecular flexibility index (Phi) is 16.5. The second-order valence-electron chi connectivity index (χ2n) is 24.0. The summed E-state index contributed by atoms with van der Waals surface area (Å²) >= 11 is 10.8. The average molecular weight is 805 g/mol. The van der Waals surface area contributed by atoms with Crippen LogP contribution in [-0.2, 0) is 0 Å². The molecule has 0 amide bonds. The Labute approximate surface area is 361 Å². The molecular weight excluding hydrogens is 712 g/mol. The smallest absolute Gasteiger partial charge is 0.105 e. The molecule has 8 fully saturated rings. The number of thiol groups is 2. The molecule has 8 rings (SSSR count). The summed E-state index contributed by atoms with van der Waals surface area (Å²) in [5.41, 5.74) is 0.686. The molecule has 0 nitrogen and oxygen atoms in total. The van der Waals surface area contributed by atoms with E-state index < -0.39 is 0 Å². The lowest BCUT2D eigenvalue weighted by Gasteiger charge is -2.56. The summed E-state index contributed by atoms with van der Waals surface area (Å²) in [4.78, 5) is 0. The van der Waals surface area contributed by atoms with Crippen molar-refractivity contribution < 1.29 is 0 Å². The Balaban J connectivity index is 1.03. The van der Waals surface area contributed by atoms with Crippen molar-refractivity contribution in [1.82, 2.24) is 0 Å². The van der Waals surface area contributed by atoms with E-state index in [1.165, 1.54) is 109 Å². The SMILES string of the molecule is BC1CC2CCC(C1)C1CCCC(CCC3CCC(CC(S)C3)C3CCCCCCCC(CCCC(S)C3)CC34CCC(CCC(C3)C3CCCC4C3)C2)CC1. The Hall–Kier alpha value is 0.765. The van der Waals surface area contributed by atoms with E-state index in [1.807, 2.05) is 0 Å². The van der Waals surface area contributed by atoms with E-state index in [0.717, 1.165) is 76.8 Å². The van der Waals surface area contributed by atoms with Gasteiger partial charge < -0.3 is 0 Å². The predicted octanol–water partition coefficient (Wildman–Crippen LogP) is 15.9. The highest BCUT2D eigenvalue weighted by molar-refractivity contribution is 7.81. The van der Waals surface area contributed by atoms with Gasteiger partial charge in [0.15, 0.2) is 0 Å². The molecule has 16 unspecified atom stereocenters. The first-order valence-corrected chi connectivity index (χ1v) is 27.8. The van der Waals surface area contributed by atoms with Gasteiger partial charge in [0.25, 0.3) is 0 Å². The Morgan fingerprint density at radius 2 is 0.875 bits per heavy atom. The molecule has 0 saturated heterocycles. The molecule has 0 aromatic rings. The fourth-order valence-electron chi connectivity index (χ4n) is 17.2. The van der Waals surface area contributed by atoms with Crippen molar-refractivity contribution >= 4 is 33.1 Å². The third kappa shape index (κ3) is 11.8. The topological polar surface area (TPSA) is 0 Å². The summed E-state index contributed by atoms with van der Waals surface area (Å²) in [5.74, 6) is 13.1. The Bertz CT molecular complexity index is 1160. The first kappa shape index (κ1) is 43.4. The van der Waals surface area contributed by atoms with E-state index in [2.05, 4.69) is 7.85 Å². The fraction of sp³-hybridized carbons (Fsp3) is 1.00. The van der Waals surface area contributed by atoms with Crippen molar-refractivity contribution in [3.63, 3.8) is 0 Å². The number of hydrogen-bond acceptors (Lipinski definition) is 2. The van der Waals surface area contributed by atoms with Crippen molar-refractivity contribution in [3.05, 3.63) is 0 Å². The van der Waals surface area contributed by atoms with Crippen LogP contribution in [0.5, 0.6) is 0 Å². The van der Waals surface area contributed by atoms with Crippen LogP contribution < -0.4 is 0 Å². The summed E-state index contributed by atoms with van der Waals surface area (Å²) < 4.78 is 0. The molecule has 0 N–H and O–H groups in total. The highest BCUT2D eigenvalue weighted by atomic mass is 32.1. The normalized spacial score (nSPS) is 48.4. The van der Waals surface area contributed by atoms with Gasteiger partial charge >= 0.3 is 0 Å². The number of rotatable bonds is 0. The number of fused-ring (bicyclic) bond motifs is 23. The Morgan fingerprint density at radius 1 is 0.321 bits per heavy atom. The van der Waals surface area contributed by atoms with E-state index in [0.29, 0.717) is 15.9 Å². The maximum Gasteiger partial charge on any atom is 0.105 e. The maximum absolute atomic E-state index is 5.47. The zero-order valence-corrected chi connectivity index (χ0v) is 39.0. The van der Waals surface area contributed by atoms with Gasteiger partial charge in [0.2, 0.25) is 0 Å². The molecule has 0 aromatic heterocycles. The van der Waals surface area contributed by atoms with Crippen LogP contribution in [0.4, 0.5) is 0 Å². The fourth-order valence-corrected chi connectivity index (χ4v) is 18.2. The molecule has 320 valence electrons. The van der Waals surface area contributed by atoms with Crippen LogP contribution >= 0.6 is 25.3 Å². The van der Waals surface area contributed by atoms with E-state index in [4.69, 9.17) is 25.3 Å². The van der Waals surface area contributed by atoms with Gasteiger partial charge in [0.1, 0.15) is 7.85 Å². The van der Waals surface area contributed by atoms with Crippen LogP contribution in [-0.4, -0.2) is 18.3 Å². The summed E-state index contributed by atoms with van der Waals surface area (Å²) in [6.07, 6.45) is 56.7. The van der Waals surface area contributed by atoms with Gasteiger partial charge in [0.05, 0.1) is 0 Å². The van der Waals surface area contributed by atoms with Gasteiger partial charge in [0, 0.05) is 10.5 Å². The molecule has 8 aliphatic carbocycles. The van der Waals surface area contributed by atoms with E-state index in [9.17, 15) is 0 Å². The van der Waals surface area contributed by atoms with E-state index in [-0.39, 0.29) is 0 Å². The van der Waals surface area contributed by atoms with Gasteiger partial charge in [-0.25, -0.2) is 0 Å². The van der Waals surface area contributed by atoms with Gasteiger partial charge in [-0.15, -0.1) is 0 Å². The Morgan fingerprint density at radius 3 is 1.77 bits per heavy atom. The quantitative estimate of drug-likeness (QED) is 0.177. The summed E-state index contributed by atoms with van der Waals surface area (Å²) in [5, 5.41) is 1.25. The highest BCUT2D eigenvalue weighted by Gasteiger charge is 2.50. The first-order valence-electron chi connectivity index (χ1n) is 26.7. The lowest BCUT2D eigenvalue weighted by Crippen LogP contribution is -2.46. The largest absolute Gasteiger partial charge is 0.176 e. The summed E-state index contributed by atoms with van der Waals surface area (Å²) in [7, 11) is 2.69. The van der Waals surface area contributed by atoms with Crippen LogP contribution in [0.3, 0.4) is 0 Å². The van der Waals surface area contributed by atoms with E-state index >= 15 is 0 Å². The molecule has 8 aliphatic rings. The average Bonchev–Trinajstić information content (AvgIpc) is 3.62. The van der Waals surface area contributed by atoms with Crippen LogP contribution in [0.1, 0.15) is 238 Å². The lowest BCUT2D eigenvalue weighted by atomic mass is 9.49. The molecule has 56 heavy (non-hydrogen) atoms. The molecule has 0 heterocycles. The summed E-state index contributed by atoms with van der Waals surface area (Å²) in [6, 6.07) is 0. The van der Waals surface area contributed by atoms with Gasteiger partial charge in [-0.2, -0.15) is 25.3 Å². The molecule has 0 aromatic carbocycles. The number of hydrogen-bond donors (Lipinski definition) is 2. The molecule has 1 spiro atoms. The predicted molar refractivity (Wildman–Crippen MR) is 253 cm³/mol. The molecular formula is C53H93BS2. The molecule has 8 saturated carbocycles. The molecule has 13 bridgehead atoms. The van der Waals surface area contributed by atoms with Crippen LogP contribution in [0.2, 0.25) is 5.82 Å². The minimum absolute atomic E-state index is 0.614. The second kappa shape index (κ2) is 21.2. The minimum atomic E-state index is 0.614. The van der Waals surface area contributed by atoms with Crippen molar-refractivity contribution in [2.75, 3.05) is 0 Å². The van der Waals surface area contributed by atoms with Gasteiger partial charge in [-0.1, -0.05) is 147 Å². The van der Waals surface area contributed by atoms with Crippen molar-refractivity contribution in [2.24, 2.45) is 76.4 Å². The standard InChI is InChI=1S/C53H93BS2/c54-50-30-42-22-25-46(33-50)43-13-6-10-38(19-23-43)17-18-39-20-24-47(35-52(56)31-39)45-12-5-3-1-2-4-9-41(11-7-16-51(55)34-45)36-53-28-27-40(29-42)21-26-48(37-53)44-14-8-15-49(53)32-44/h38-52,55-56H,1-37,54H2. The van der Waals surface area contributed by atoms with Crippen LogP contribution in [0.15, 0.2) is 0 Å². The van der Waals surface area contributed by atoms with E-state index in [1.54, 1.807) is 128 Å². The maximum atomic E-state index is 5.47. The van der Waals surface area contributed by atoms with Crippen LogP contribution in [0, 0.1) is 76.4 Å². The van der Waals surface area contributed by atoms with Crippen molar-refractivity contribution in [3.8, 4) is 0 Å². The zero-order chi connectivity index (χ0) is 38.3. The van der Waals surface area contributed by atoms with Crippen molar-refractivity contribution in [1.29, 1.82) is 0 Å². The molecule has 3 heteroatoms. The molecule has 16 atom stereocenters. The lowest BCUT2D eigenvalue weighted by molar-refractivity contribution is -0.0561. The molecule has 0 aliphatic heterocycles. The van der Waals surface area contributed by atoms with Crippen LogP contribution in [0.25, 0.3) is 0 Å². The monoisotopic (exact) mass is 805 g/mol. The third-order valence-electron chi connectivity index (χ3n) is 20.1. The highest BCUT2D eigenvalue weighted by Crippen LogP contribution is 2.61. The minimum Gasteiger partial charge on any atom is -0.176 e.